The molecule has 1 aromatic rings. The van der Waals surface area contributed by atoms with Gasteiger partial charge in [0.05, 0.1) is 0 Å². The SMILES string of the molecule is Cc1cc[c]([Hg+])c(O)c1. The van der Waals surface area contributed by atoms with Gasteiger partial charge in [-0.15, -0.1) is 0 Å². The van der Waals surface area contributed by atoms with Gasteiger partial charge in [-0.3, -0.25) is 0 Å². The second kappa shape index (κ2) is 2.69. The summed E-state index contributed by atoms with van der Waals surface area (Å²) < 4.78 is 1.13. The molecule has 0 aliphatic heterocycles. The summed E-state index contributed by atoms with van der Waals surface area (Å²) in [5.41, 5.74) is 1.13. The second-order valence-electron chi connectivity index (χ2n) is 2.13. The van der Waals surface area contributed by atoms with Crippen LogP contribution in [0.3, 0.4) is 0 Å². The first-order valence-electron chi connectivity index (χ1n) is 2.82. The zero-order valence-corrected chi connectivity index (χ0v) is 10.9. The van der Waals surface area contributed by atoms with E-state index in [1.165, 1.54) is 0 Å². The van der Waals surface area contributed by atoms with Crippen molar-refractivity contribution in [1.82, 2.24) is 0 Å². The van der Waals surface area contributed by atoms with Gasteiger partial charge in [0.25, 0.3) is 0 Å². The molecule has 0 atom stereocenters. The summed E-state index contributed by atoms with van der Waals surface area (Å²) in [5, 5.41) is 9.15. The van der Waals surface area contributed by atoms with Crippen molar-refractivity contribution < 1.29 is 31.2 Å². The van der Waals surface area contributed by atoms with Gasteiger partial charge in [0.2, 0.25) is 0 Å². The second-order valence-corrected chi connectivity index (χ2v) is 5.09. The normalized spacial score (nSPS) is 9.67. The van der Waals surface area contributed by atoms with Crippen molar-refractivity contribution in [3.63, 3.8) is 0 Å². The van der Waals surface area contributed by atoms with E-state index in [0.29, 0.717) is 31.9 Å². The van der Waals surface area contributed by atoms with Crippen LogP contribution < -0.4 is 3.07 Å². The van der Waals surface area contributed by atoms with Crippen LogP contribution in [-0.2, 0) is 26.1 Å². The number of benzene rings is 1. The van der Waals surface area contributed by atoms with Crippen LogP contribution in [0.15, 0.2) is 18.2 Å². The quantitative estimate of drug-likeness (QED) is 0.705. The summed E-state index contributed by atoms with van der Waals surface area (Å²) in [6.07, 6.45) is 0. The van der Waals surface area contributed by atoms with E-state index in [9.17, 15) is 0 Å². The van der Waals surface area contributed by atoms with Gasteiger partial charge in [-0.1, -0.05) is 0 Å². The van der Waals surface area contributed by atoms with E-state index < -0.39 is 0 Å². The van der Waals surface area contributed by atoms with Gasteiger partial charge >= 0.3 is 70.7 Å². The Morgan fingerprint density at radius 1 is 1.44 bits per heavy atom. The van der Waals surface area contributed by atoms with Crippen LogP contribution in [0.25, 0.3) is 0 Å². The minimum absolute atomic E-state index is 0.471. The van der Waals surface area contributed by atoms with Crippen LogP contribution in [0.5, 0.6) is 5.75 Å². The molecular weight excluding hydrogens is 301 g/mol. The molecule has 2 heteroatoms. The number of aryl methyl sites for hydroxylation is 1. The third-order valence-electron chi connectivity index (χ3n) is 1.24. The molecule has 1 rings (SSSR count). The fraction of sp³-hybridized carbons (Fsp3) is 0.143. The first-order valence-corrected chi connectivity index (χ1v) is 5.56. The van der Waals surface area contributed by atoms with E-state index in [0.717, 1.165) is 8.64 Å². The van der Waals surface area contributed by atoms with Gasteiger partial charge in [-0.05, 0) is 0 Å². The maximum absolute atomic E-state index is 9.15. The molecule has 0 bridgehead atoms. The Morgan fingerprint density at radius 3 is 2.56 bits per heavy atom. The van der Waals surface area contributed by atoms with Crippen LogP contribution in [0.2, 0.25) is 0 Å². The molecule has 0 aromatic heterocycles. The van der Waals surface area contributed by atoms with Crippen LogP contribution in [0.1, 0.15) is 5.56 Å². The standard InChI is InChI=1S/C7H7O.Hg/c1-6-3-2-4-7(8)5-6;/h2-3,5,8H,1H3;/q;+1. The molecular formula is C7H7HgO+. The molecule has 9 heavy (non-hydrogen) atoms. The fourth-order valence-electron chi connectivity index (χ4n) is 0.674. The maximum atomic E-state index is 9.15. The number of rotatable bonds is 0. The van der Waals surface area contributed by atoms with E-state index in [-0.39, 0.29) is 0 Å². The van der Waals surface area contributed by atoms with Crippen LogP contribution in [0, 0.1) is 6.92 Å². The Bertz CT molecular complexity index is 220. The topological polar surface area (TPSA) is 20.2 Å². The third kappa shape index (κ3) is 1.68. The first kappa shape index (κ1) is 7.07. The Hall–Kier alpha value is -0.0449. The zero-order valence-electron chi connectivity index (χ0n) is 5.39. The zero-order chi connectivity index (χ0) is 6.85. The molecule has 0 aliphatic rings. The molecule has 0 spiro atoms. The molecule has 42 valence electrons. The van der Waals surface area contributed by atoms with Crippen molar-refractivity contribution in [3.8, 4) is 5.75 Å². The van der Waals surface area contributed by atoms with E-state index in [1.54, 1.807) is 0 Å². The molecule has 1 nitrogen and oxygen atoms in total. The summed E-state index contributed by atoms with van der Waals surface area (Å²) in [7, 11) is 0. The van der Waals surface area contributed by atoms with Crippen molar-refractivity contribution >= 4 is 3.07 Å². The molecule has 0 radical (unpaired) electrons. The summed E-state index contributed by atoms with van der Waals surface area (Å²) in [6.45, 7) is 1.98. The van der Waals surface area contributed by atoms with Gasteiger partial charge in [0.1, 0.15) is 0 Å². The third-order valence-corrected chi connectivity index (χ3v) is 3.57. The Labute approximate surface area is 70.7 Å². The molecule has 0 saturated carbocycles. The molecule has 1 N–H and O–H groups in total. The molecule has 0 amide bonds. The number of hydrogen-bond donors (Lipinski definition) is 1. The van der Waals surface area contributed by atoms with Crippen LogP contribution in [-0.4, -0.2) is 5.11 Å². The number of phenols is 1. The van der Waals surface area contributed by atoms with Crippen molar-refractivity contribution in [2.75, 3.05) is 0 Å². The fourth-order valence-corrected chi connectivity index (χ4v) is 1.53. The van der Waals surface area contributed by atoms with Crippen molar-refractivity contribution in [1.29, 1.82) is 0 Å². The molecule has 1 aromatic carbocycles. The molecule has 0 heterocycles. The minimum atomic E-state index is 0.471. The number of aromatic hydroxyl groups is 1. The molecule has 0 unspecified atom stereocenters. The summed E-state index contributed by atoms with van der Waals surface area (Å²) in [6, 6.07) is 5.83. The summed E-state index contributed by atoms with van der Waals surface area (Å²) >= 11 is 0.540. The summed E-state index contributed by atoms with van der Waals surface area (Å²) in [4.78, 5) is 0. The Balaban J connectivity index is 3.17. The van der Waals surface area contributed by atoms with E-state index >= 15 is 0 Å². The van der Waals surface area contributed by atoms with Gasteiger partial charge < -0.3 is 0 Å². The van der Waals surface area contributed by atoms with Crippen molar-refractivity contribution in [2.45, 2.75) is 6.92 Å². The van der Waals surface area contributed by atoms with Crippen molar-refractivity contribution in [2.24, 2.45) is 0 Å². The van der Waals surface area contributed by atoms with Gasteiger partial charge in [-0.2, -0.15) is 0 Å². The Morgan fingerprint density at radius 2 is 2.11 bits per heavy atom. The molecule has 0 saturated heterocycles. The predicted octanol–water partition coefficient (Wildman–Crippen LogP) is 0.873. The van der Waals surface area contributed by atoms with E-state index in [2.05, 4.69) is 0 Å². The first-order chi connectivity index (χ1) is 4.20. The number of hydrogen-bond acceptors (Lipinski definition) is 1. The average Bonchev–Trinajstić information content (AvgIpc) is 1.80. The van der Waals surface area contributed by atoms with E-state index in [1.807, 2.05) is 25.1 Å². The van der Waals surface area contributed by atoms with Crippen molar-refractivity contribution in [3.05, 3.63) is 23.8 Å². The predicted molar refractivity (Wildman–Crippen MR) is 32.5 cm³/mol. The van der Waals surface area contributed by atoms with Crippen LogP contribution >= 0.6 is 0 Å². The molecule has 0 aliphatic carbocycles. The van der Waals surface area contributed by atoms with Gasteiger partial charge in [0, 0.05) is 0 Å². The number of phenolic OH excluding ortho intramolecular Hbond substituents is 1. The average molecular weight is 308 g/mol. The molecule has 0 fully saturated rings. The van der Waals surface area contributed by atoms with Gasteiger partial charge in [-0.25, -0.2) is 0 Å². The van der Waals surface area contributed by atoms with E-state index in [4.69, 9.17) is 5.11 Å². The summed E-state index contributed by atoms with van der Waals surface area (Å²) in [5.74, 6) is 0.471. The van der Waals surface area contributed by atoms with Crippen LogP contribution in [0.4, 0.5) is 0 Å². The van der Waals surface area contributed by atoms with Gasteiger partial charge in [0.15, 0.2) is 0 Å². The Kier molecular flexibility index (Phi) is 2.11. The monoisotopic (exact) mass is 309 g/mol.